The third-order valence-electron chi connectivity index (χ3n) is 1.65. The molecule has 0 bridgehead atoms. The summed E-state index contributed by atoms with van der Waals surface area (Å²) >= 11 is 0. The Labute approximate surface area is 72.1 Å². The first-order valence-electron chi connectivity index (χ1n) is 3.65. The largest absolute Gasteiger partial charge is 0.495 e. The molecule has 0 radical (unpaired) electrons. The molecule has 0 aliphatic heterocycles. The first-order chi connectivity index (χ1) is 5.79. The molecule has 0 aliphatic carbocycles. The number of hydrogen-bond acceptors (Lipinski definition) is 3. The molecule has 0 saturated carbocycles. The van der Waals surface area contributed by atoms with Crippen LogP contribution in [0, 0.1) is 6.92 Å². The average molecular weight is 164 g/mol. The summed E-state index contributed by atoms with van der Waals surface area (Å²) < 4.78 is 5.13. The highest BCUT2D eigenvalue weighted by atomic mass is 16.5. The van der Waals surface area contributed by atoms with Gasteiger partial charge in [0.25, 0.3) is 0 Å². The van der Waals surface area contributed by atoms with Crippen LogP contribution in [0.3, 0.4) is 0 Å². The number of nitrogens with zero attached hydrogens (tertiary/aromatic N) is 1. The first kappa shape index (κ1) is 8.59. The average Bonchev–Trinajstić information content (AvgIpc) is 2.09. The van der Waals surface area contributed by atoms with Crippen LogP contribution in [0.15, 0.2) is 23.3 Å². The maximum Gasteiger partial charge on any atom is 0.144 e. The molecule has 1 aromatic rings. The maximum absolute atomic E-state index is 5.13. The molecule has 0 amide bonds. The second-order valence-electron chi connectivity index (χ2n) is 2.42. The van der Waals surface area contributed by atoms with Gasteiger partial charge in [0.2, 0.25) is 0 Å². The summed E-state index contributed by atoms with van der Waals surface area (Å²) in [5.41, 5.74) is 4.74. The number of hydrazone groups is 1. The Morgan fingerprint density at radius 1 is 1.50 bits per heavy atom. The van der Waals surface area contributed by atoms with Crippen molar-refractivity contribution in [3.05, 3.63) is 23.8 Å². The van der Waals surface area contributed by atoms with E-state index in [4.69, 9.17) is 4.74 Å². The summed E-state index contributed by atoms with van der Waals surface area (Å²) in [6, 6.07) is 5.79. The number of para-hydroxylation sites is 1. The van der Waals surface area contributed by atoms with Gasteiger partial charge >= 0.3 is 0 Å². The van der Waals surface area contributed by atoms with E-state index in [2.05, 4.69) is 17.2 Å². The number of benzene rings is 1. The highest BCUT2D eigenvalue weighted by Gasteiger charge is 2.02. The topological polar surface area (TPSA) is 33.6 Å². The predicted molar refractivity (Wildman–Crippen MR) is 50.9 cm³/mol. The Balaban J connectivity index is 3.10. The third kappa shape index (κ3) is 1.56. The Kier molecular flexibility index (Phi) is 2.69. The SMILES string of the molecule is C=NNc1c(C)cccc1OC. The van der Waals surface area contributed by atoms with E-state index in [1.807, 2.05) is 25.1 Å². The minimum atomic E-state index is 0.780. The lowest BCUT2D eigenvalue weighted by Gasteiger charge is -2.09. The van der Waals surface area contributed by atoms with Crippen molar-refractivity contribution < 1.29 is 4.74 Å². The number of ether oxygens (including phenoxy) is 1. The summed E-state index contributed by atoms with van der Waals surface area (Å²) in [6.07, 6.45) is 0. The van der Waals surface area contributed by atoms with Gasteiger partial charge in [0.05, 0.1) is 7.11 Å². The van der Waals surface area contributed by atoms with Gasteiger partial charge in [-0.1, -0.05) is 12.1 Å². The van der Waals surface area contributed by atoms with Gasteiger partial charge in [0.15, 0.2) is 0 Å². The van der Waals surface area contributed by atoms with Crippen LogP contribution in [0.2, 0.25) is 0 Å². The summed E-state index contributed by atoms with van der Waals surface area (Å²) in [7, 11) is 1.63. The smallest absolute Gasteiger partial charge is 0.144 e. The lowest BCUT2D eigenvalue weighted by atomic mass is 10.2. The number of hydrogen-bond donors (Lipinski definition) is 1. The molecule has 0 atom stereocenters. The Hall–Kier alpha value is -1.51. The van der Waals surface area contributed by atoms with E-state index in [0.717, 1.165) is 17.0 Å². The van der Waals surface area contributed by atoms with Gasteiger partial charge in [-0.05, 0) is 18.6 Å². The van der Waals surface area contributed by atoms with Gasteiger partial charge in [0.1, 0.15) is 11.4 Å². The lowest BCUT2D eigenvalue weighted by Crippen LogP contribution is -1.94. The van der Waals surface area contributed by atoms with Crippen molar-refractivity contribution >= 4 is 12.4 Å². The Morgan fingerprint density at radius 2 is 2.25 bits per heavy atom. The molecule has 1 rings (SSSR count). The second kappa shape index (κ2) is 3.76. The summed E-state index contributed by atoms with van der Waals surface area (Å²) in [4.78, 5) is 0. The van der Waals surface area contributed by atoms with E-state index in [0.29, 0.717) is 0 Å². The van der Waals surface area contributed by atoms with E-state index >= 15 is 0 Å². The van der Waals surface area contributed by atoms with Crippen LogP contribution < -0.4 is 10.2 Å². The van der Waals surface area contributed by atoms with Gasteiger partial charge < -0.3 is 4.74 Å². The molecule has 0 aliphatic rings. The molecule has 0 fully saturated rings. The van der Waals surface area contributed by atoms with Crippen molar-refractivity contribution in [3.8, 4) is 5.75 Å². The number of methoxy groups -OCH3 is 1. The monoisotopic (exact) mass is 164 g/mol. The molecular weight excluding hydrogens is 152 g/mol. The molecule has 0 unspecified atom stereocenters. The fourth-order valence-electron chi connectivity index (χ4n) is 1.03. The van der Waals surface area contributed by atoms with E-state index in [1.54, 1.807) is 7.11 Å². The van der Waals surface area contributed by atoms with Gasteiger partial charge in [-0.25, -0.2) is 0 Å². The zero-order valence-electron chi connectivity index (χ0n) is 7.29. The minimum Gasteiger partial charge on any atom is -0.495 e. The molecule has 64 valence electrons. The van der Waals surface area contributed by atoms with Crippen molar-refractivity contribution in [2.45, 2.75) is 6.92 Å². The van der Waals surface area contributed by atoms with Crippen molar-refractivity contribution in [3.63, 3.8) is 0 Å². The molecule has 0 saturated heterocycles. The lowest BCUT2D eigenvalue weighted by molar-refractivity contribution is 0.416. The first-order valence-corrected chi connectivity index (χ1v) is 3.65. The number of anilines is 1. The van der Waals surface area contributed by atoms with Crippen LogP contribution in [-0.4, -0.2) is 13.8 Å². The maximum atomic E-state index is 5.13. The molecule has 0 heterocycles. The molecule has 3 nitrogen and oxygen atoms in total. The van der Waals surface area contributed by atoms with Crippen LogP contribution in [-0.2, 0) is 0 Å². The zero-order chi connectivity index (χ0) is 8.97. The highest BCUT2D eigenvalue weighted by Crippen LogP contribution is 2.27. The number of aryl methyl sites for hydroxylation is 1. The van der Waals surface area contributed by atoms with E-state index < -0.39 is 0 Å². The highest BCUT2D eigenvalue weighted by molar-refractivity contribution is 5.61. The Morgan fingerprint density at radius 3 is 2.83 bits per heavy atom. The summed E-state index contributed by atoms with van der Waals surface area (Å²) in [5, 5.41) is 3.60. The van der Waals surface area contributed by atoms with Crippen LogP contribution in [0.25, 0.3) is 0 Å². The second-order valence-corrected chi connectivity index (χ2v) is 2.42. The molecule has 1 aromatic carbocycles. The van der Waals surface area contributed by atoms with Crippen LogP contribution >= 0.6 is 0 Å². The van der Waals surface area contributed by atoms with Crippen molar-refractivity contribution in [2.75, 3.05) is 12.5 Å². The predicted octanol–water partition coefficient (Wildman–Crippen LogP) is 2.03. The summed E-state index contributed by atoms with van der Waals surface area (Å²) in [6.45, 7) is 5.34. The van der Waals surface area contributed by atoms with E-state index in [9.17, 15) is 0 Å². The van der Waals surface area contributed by atoms with Crippen LogP contribution in [0.1, 0.15) is 5.56 Å². The van der Waals surface area contributed by atoms with Gasteiger partial charge in [-0.15, -0.1) is 0 Å². The molecule has 3 heteroatoms. The molecule has 12 heavy (non-hydrogen) atoms. The van der Waals surface area contributed by atoms with Crippen molar-refractivity contribution in [1.82, 2.24) is 0 Å². The zero-order valence-corrected chi connectivity index (χ0v) is 7.29. The fourth-order valence-corrected chi connectivity index (χ4v) is 1.03. The van der Waals surface area contributed by atoms with Crippen molar-refractivity contribution in [2.24, 2.45) is 5.10 Å². The quantitative estimate of drug-likeness (QED) is 0.547. The van der Waals surface area contributed by atoms with Crippen LogP contribution in [0.5, 0.6) is 5.75 Å². The minimum absolute atomic E-state index is 0.780. The summed E-state index contributed by atoms with van der Waals surface area (Å²) in [5.74, 6) is 0.780. The number of nitrogens with one attached hydrogen (secondary N) is 1. The molecule has 1 N–H and O–H groups in total. The normalized spacial score (nSPS) is 9.17. The standard InChI is InChI=1S/C9H12N2O/c1-7-5-4-6-8(12-3)9(7)11-10-2/h4-6,11H,2H2,1,3H3. The van der Waals surface area contributed by atoms with Crippen LogP contribution in [0.4, 0.5) is 5.69 Å². The third-order valence-corrected chi connectivity index (χ3v) is 1.65. The van der Waals surface area contributed by atoms with Crippen molar-refractivity contribution in [1.29, 1.82) is 0 Å². The van der Waals surface area contributed by atoms with E-state index in [-0.39, 0.29) is 0 Å². The fraction of sp³-hybridized carbons (Fsp3) is 0.222. The Bertz CT molecular complexity index is 284. The van der Waals surface area contributed by atoms with E-state index in [1.165, 1.54) is 0 Å². The molecular formula is C9H12N2O. The van der Waals surface area contributed by atoms with Gasteiger partial charge in [0, 0.05) is 6.72 Å². The molecule has 0 aromatic heterocycles. The number of rotatable bonds is 3. The van der Waals surface area contributed by atoms with Gasteiger partial charge in [-0.2, -0.15) is 5.10 Å². The molecule has 0 spiro atoms. The van der Waals surface area contributed by atoms with Gasteiger partial charge in [-0.3, -0.25) is 5.43 Å².